The van der Waals surface area contributed by atoms with Gasteiger partial charge in [0.2, 0.25) is 5.91 Å². The first kappa shape index (κ1) is 18.1. The van der Waals surface area contributed by atoms with Gasteiger partial charge in [-0.2, -0.15) is 0 Å². The van der Waals surface area contributed by atoms with E-state index in [1.807, 2.05) is 36.4 Å². The maximum atomic E-state index is 12.2. The van der Waals surface area contributed by atoms with E-state index in [4.69, 9.17) is 9.84 Å². The van der Waals surface area contributed by atoms with Gasteiger partial charge in [-0.1, -0.05) is 42.5 Å². The van der Waals surface area contributed by atoms with Crippen molar-refractivity contribution in [1.29, 1.82) is 0 Å². The minimum absolute atomic E-state index is 0.217. The smallest absolute Gasteiger partial charge is 0.307 e. The topological polar surface area (TPSA) is 75.6 Å². The fraction of sp³-hybridized carbons (Fsp3) is 0.333. The van der Waals surface area contributed by atoms with Gasteiger partial charge in [0.05, 0.1) is 25.0 Å². The maximum Gasteiger partial charge on any atom is 0.307 e. The molecule has 1 saturated carbocycles. The van der Waals surface area contributed by atoms with Crippen molar-refractivity contribution in [2.45, 2.75) is 25.9 Å². The quantitative estimate of drug-likeness (QED) is 0.712. The molecule has 26 heavy (non-hydrogen) atoms. The second-order valence-electron chi connectivity index (χ2n) is 6.61. The number of aliphatic carboxylic acids is 1. The highest BCUT2D eigenvalue weighted by molar-refractivity contribution is 5.96. The number of hydrogen-bond donors (Lipinski definition) is 2. The molecule has 2 unspecified atom stereocenters. The molecule has 2 aromatic carbocycles. The number of rotatable bonds is 8. The van der Waals surface area contributed by atoms with Gasteiger partial charge in [-0.05, 0) is 42.5 Å². The highest BCUT2D eigenvalue weighted by Crippen LogP contribution is 2.35. The highest BCUT2D eigenvalue weighted by Gasteiger charge is 2.41. The van der Waals surface area contributed by atoms with Crippen LogP contribution in [-0.4, -0.2) is 23.6 Å². The summed E-state index contributed by atoms with van der Waals surface area (Å²) in [7, 11) is 0. The fourth-order valence-electron chi connectivity index (χ4n) is 3.11. The van der Waals surface area contributed by atoms with Crippen LogP contribution in [-0.2, 0) is 27.4 Å². The summed E-state index contributed by atoms with van der Waals surface area (Å²) < 4.78 is 5.72. The van der Waals surface area contributed by atoms with E-state index in [1.54, 1.807) is 6.07 Å². The second-order valence-corrected chi connectivity index (χ2v) is 6.61. The molecule has 5 heteroatoms. The van der Waals surface area contributed by atoms with Crippen LogP contribution in [0.1, 0.15) is 24.0 Å². The van der Waals surface area contributed by atoms with Gasteiger partial charge in [-0.15, -0.1) is 0 Å². The summed E-state index contributed by atoms with van der Waals surface area (Å²) in [5.74, 6) is -2.10. The standard InChI is InChI=1S/C21H23NO4/c23-20(18-9-10-19(18)21(24)25)22-17-8-4-7-16(13-17)14-26-12-11-15-5-2-1-3-6-15/h1-8,13,18-19H,9-12,14H2,(H,22,23)(H,24,25). The molecule has 0 radical (unpaired) electrons. The van der Waals surface area contributed by atoms with Gasteiger partial charge >= 0.3 is 5.97 Å². The molecule has 0 aliphatic heterocycles. The summed E-state index contributed by atoms with van der Waals surface area (Å²) in [6.07, 6.45) is 2.06. The molecular formula is C21H23NO4. The Labute approximate surface area is 153 Å². The Kier molecular flexibility index (Phi) is 6.02. The van der Waals surface area contributed by atoms with Crippen LogP contribution in [0.2, 0.25) is 0 Å². The molecule has 1 fully saturated rings. The molecule has 2 atom stereocenters. The molecule has 2 aromatic rings. The van der Waals surface area contributed by atoms with Gasteiger partial charge in [0.1, 0.15) is 0 Å². The molecule has 1 aliphatic carbocycles. The lowest BCUT2D eigenvalue weighted by Crippen LogP contribution is -2.41. The third kappa shape index (κ3) is 4.70. The fourth-order valence-corrected chi connectivity index (χ4v) is 3.11. The number of carboxylic acids is 1. The van der Waals surface area contributed by atoms with Crippen LogP contribution in [0.3, 0.4) is 0 Å². The summed E-state index contributed by atoms with van der Waals surface area (Å²) >= 11 is 0. The number of anilines is 1. The van der Waals surface area contributed by atoms with E-state index in [0.717, 1.165) is 12.0 Å². The zero-order valence-electron chi connectivity index (χ0n) is 14.6. The summed E-state index contributed by atoms with van der Waals surface area (Å²) in [5.41, 5.74) is 2.89. The van der Waals surface area contributed by atoms with Crippen LogP contribution < -0.4 is 5.32 Å². The number of hydrogen-bond acceptors (Lipinski definition) is 3. The van der Waals surface area contributed by atoms with Crippen LogP contribution in [0.5, 0.6) is 0 Å². The Morgan fingerprint density at radius 1 is 1.00 bits per heavy atom. The minimum Gasteiger partial charge on any atom is -0.481 e. The average Bonchev–Trinajstić information content (AvgIpc) is 2.58. The van der Waals surface area contributed by atoms with Crippen molar-refractivity contribution in [3.8, 4) is 0 Å². The first-order valence-corrected chi connectivity index (χ1v) is 8.88. The summed E-state index contributed by atoms with van der Waals surface area (Å²) in [6, 6.07) is 17.6. The molecule has 0 spiro atoms. The normalized spacial score (nSPS) is 18.8. The number of amides is 1. The molecular weight excluding hydrogens is 330 g/mol. The van der Waals surface area contributed by atoms with E-state index in [2.05, 4.69) is 17.4 Å². The van der Waals surface area contributed by atoms with Crippen LogP contribution in [0.15, 0.2) is 54.6 Å². The molecule has 0 bridgehead atoms. The molecule has 1 amide bonds. The van der Waals surface area contributed by atoms with Crippen LogP contribution in [0.4, 0.5) is 5.69 Å². The van der Waals surface area contributed by atoms with Crippen LogP contribution in [0.25, 0.3) is 0 Å². The Balaban J connectivity index is 1.47. The van der Waals surface area contributed by atoms with E-state index in [1.165, 1.54) is 5.56 Å². The Hall–Kier alpha value is -2.66. The lowest BCUT2D eigenvalue weighted by atomic mass is 9.73. The van der Waals surface area contributed by atoms with Crippen molar-refractivity contribution in [3.05, 3.63) is 65.7 Å². The average molecular weight is 353 g/mol. The lowest BCUT2D eigenvalue weighted by Gasteiger charge is -2.31. The number of carbonyl (C=O) groups is 2. The molecule has 2 N–H and O–H groups in total. The van der Waals surface area contributed by atoms with Gasteiger partial charge in [0.25, 0.3) is 0 Å². The number of benzene rings is 2. The van der Waals surface area contributed by atoms with Crippen molar-refractivity contribution in [2.24, 2.45) is 11.8 Å². The first-order valence-electron chi connectivity index (χ1n) is 8.88. The first-order chi connectivity index (χ1) is 12.6. The van der Waals surface area contributed by atoms with E-state index >= 15 is 0 Å². The Morgan fingerprint density at radius 3 is 2.42 bits per heavy atom. The second kappa shape index (κ2) is 8.63. The van der Waals surface area contributed by atoms with Crippen molar-refractivity contribution in [1.82, 2.24) is 0 Å². The predicted molar refractivity (Wildman–Crippen MR) is 98.7 cm³/mol. The largest absolute Gasteiger partial charge is 0.481 e. The minimum atomic E-state index is -0.892. The van der Waals surface area contributed by atoms with E-state index in [9.17, 15) is 9.59 Å². The molecule has 0 aromatic heterocycles. The lowest BCUT2D eigenvalue weighted by molar-refractivity contribution is -0.151. The molecule has 136 valence electrons. The third-order valence-corrected chi connectivity index (χ3v) is 4.77. The highest BCUT2D eigenvalue weighted by atomic mass is 16.5. The molecule has 5 nitrogen and oxygen atoms in total. The summed E-state index contributed by atoms with van der Waals surface area (Å²) in [5, 5.41) is 11.9. The summed E-state index contributed by atoms with van der Waals surface area (Å²) in [4.78, 5) is 23.3. The van der Waals surface area contributed by atoms with Crippen molar-refractivity contribution in [3.63, 3.8) is 0 Å². The van der Waals surface area contributed by atoms with Gasteiger partial charge < -0.3 is 15.2 Å². The van der Waals surface area contributed by atoms with E-state index in [0.29, 0.717) is 31.7 Å². The van der Waals surface area contributed by atoms with E-state index < -0.39 is 17.8 Å². The van der Waals surface area contributed by atoms with Crippen LogP contribution >= 0.6 is 0 Å². The monoisotopic (exact) mass is 353 g/mol. The van der Waals surface area contributed by atoms with Crippen molar-refractivity contribution < 1.29 is 19.4 Å². The molecule has 0 saturated heterocycles. The number of nitrogens with one attached hydrogen (secondary N) is 1. The van der Waals surface area contributed by atoms with E-state index in [-0.39, 0.29) is 5.91 Å². The third-order valence-electron chi connectivity index (χ3n) is 4.77. The van der Waals surface area contributed by atoms with Gasteiger partial charge in [0, 0.05) is 5.69 Å². The van der Waals surface area contributed by atoms with Gasteiger partial charge in [-0.3, -0.25) is 9.59 Å². The maximum absolute atomic E-state index is 12.2. The number of ether oxygens (including phenoxy) is 1. The number of carboxylic acid groups (broad SMARTS) is 1. The van der Waals surface area contributed by atoms with Gasteiger partial charge in [0.15, 0.2) is 0 Å². The number of carbonyl (C=O) groups excluding carboxylic acids is 1. The van der Waals surface area contributed by atoms with Crippen molar-refractivity contribution >= 4 is 17.6 Å². The zero-order chi connectivity index (χ0) is 18.4. The Morgan fingerprint density at radius 2 is 1.73 bits per heavy atom. The van der Waals surface area contributed by atoms with Crippen LogP contribution in [0, 0.1) is 11.8 Å². The SMILES string of the molecule is O=C(O)C1CCC1C(=O)Nc1cccc(COCCc2ccccc2)c1. The van der Waals surface area contributed by atoms with Gasteiger partial charge in [-0.25, -0.2) is 0 Å². The molecule has 3 rings (SSSR count). The predicted octanol–water partition coefficient (Wildman–Crippen LogP) is 3.50. The zero-order valence-corrected chi connectivity index (χ0v) is 14.6. The van der Waals surface area contributed by atoms with Crippen molar-refractivity contribution in [2.75, 3.05) is 11.9 Å². The molecule has 0 heterocycles. The summed E-state index contributed by atoms with van der Waals surface area (Å²) in [6.45, 7) is 1.10. The Bertz CT molecular complexity index is 760. The molecule has 1 aliphatic rings.